The highest BCUT2D eigenvalue weighted by atomic mass is 32.1. The van der Waals surface area contributed by atoms with E-state index in [9.17, 15) is 4.79 Å². The Morgan fingerprint density at radius 3 is 2.58 bits per heavy atom. The van der Waals surface area contributed by atoms with E-state index in [0.29, 0.717) is 18.5 Å². The zero-order valence-corrected chi connectivity index (χ0v) is 16.3. The molecule has 2 fully saturated rings. The summed E-state index contributed by atoms with van der Waals surface area (Å²) in [6, 6.07) is 0.258. The SMILES string of the molecule is C=CCN1C(=O)C(C(C)CC)NC12CCN(C(=S)NC(C)C)CC2. The monoisotopic (exact) mass is 352 g/mol. The van der Waals surface area contributed by atoms with Crippen molar-refractivity contribution in [3.8, 4) is 0 Å². The molecule has 2 aliphatic rings. The van der Waals surface area contributed by atoms with E-state index in [1.807, 2.05) is 11.0 Å². The van der Waals surface area contributed by atoms with Crippen molar-refractivity contribution in [2.75, 3.05) is 19.6 Å². The van der Waals surface area contributed by atoms with Crippen molar-refractivity contribution in [3.05, 3.63) is 12.7 Å². The summed E-state index contributed by atoms with van der Waals surface area (Å²) < 4.78 is 0. The maximum atomic E-state index is 12.9. The van der Waals surface area contributed by atoms with Crippen LogP contribution in [0.2, 0.25) is 0 Å². The number of likely N-dealkylation sites (tertiary alicyclic amines) is 1. The molecule has 5 nitrogen and oxygen atoms in total. The van der Waals surface area contributed by atoms with Crippen LogP contribution in [0.3, 0.4) is 0 Å². The molecule has 2 aliphatic heterocycles. The minimum atomic E-state index is -0.247. The van der Waals surface area contributed by atoms with E-state index in [1.165, 1.54) is 0 Å². The molecule has 2 atom stereocenters. The molecule has 2 unspecified atom stereocenters. The van der Waals surface area contributed by atoms with Crippen LogP contribution in [0.4, 0.5) is 0 Å². The average Bonchev–Trinajstić information content (AvgIpc) is 2.80. The van der Waals surface area contributed by atoms with E-state index in [-0.39, 0.29) is 17.6 Å². The fourth-order valence-corrected chi connectivity index (χ4v) is 4.07. The van der Waals surface area contributed by atoms with Crippen molar-refractivity contribution < 1.29 is 4.79 Å². The number of hydrogen-bond donors (Lipinski definition) is 2. The molecule has 0 aromatic carbocycles. The Morgan fingerprint density at radius 1 is 1.46 bits per heavy atom. The molecule has 0 aromatic rings. The first-order valence-corrected chi connectivity index (χ1v) is 9.51. The second-order valence-corrected chi connectivity index (χ2v) is 7.75. The molecule has 0 aromatic heterocycles. The molecule has 6 heteroatoms. The predicted molar refractivity (Wildman–Crippen MR) is 103 cm³/mol. The standard InChI is InChI=1S/C18H32N4OS/c1-6-10-22-16(23)15(14(5)7-2)20-18(22)8-11-21(12-9-18)17(24)19-13(3)4/h6,13-15,20H,1,7-12H2,2-5H3,(H,19,24). The van der Waals surface area contributed by atoms with Crippen LogP contribution in [0, 0.1) is 5.92 Å². The molecule has 0 radical (unpaired) electrons. The second kappa shape index (κ2) is 7.83. The van der Waals surface area contributed by atoms with Crippen LogP contribution < -0.4 is 10.6 Å². The van der Waals surface area contributed by atoms with Gasteiger partial charge < -0.3 is 15.1 Å². The van der Waals surface area contributed by atoms with Crippen molar-refractivity contribution >= 4 is 23.2 Å². The Hall–Kier alpha value is -1.14. The molecule has 0 saturated carbocycles. The number of amides is 1. The highest BCUT2D eigenvalue weighted by molar-refractivity contribution is 7.80. The first-order chi connectivity index (χ1) is 11.3. The Kier molecular flexibility index (Phi) is 6.26. The lowest BCUT2D eigenvalue weighted by molar-refractivity contribution is -0.133. The largest absolute Gasteiger partial charge is 0.360 e. The minimum Gasteiger partial charge on any atom is -0.360 e. The number of carbonyl (C=O) groups is 1. The van der Waals surface area contributed by atoms with Crippen LogP contribution in [0.1, 0.15) is 47.0 Å². The van der Waals surface area contributed by atoms with Gasteiger partial charge >= 0.3 is 0 Å². The summed E-state index contributed by atoms with van der Waals surface area (Å²) in [6.45, 7) is 14.6. The van der Waals surface area contributed by atoms with Crippen LogP contribution in [-0.2, 0) is 4.79 Å². The van der Waals surface area contributed by atoms with Gasteiger partial charge in [0.2, 0.25) is 5.91 Å². The molecule has 136 valence electrons. The van der Waals surface area contributed by atoms with Gasteiger partial charge in [-0.25, -0.2) is 0 Å². The van der Waals surface area contributed by atoms with E-state index in [4.69, 9.17) is 12.2 Å². The molecule has 1 spiro atoms. The van der Waals surface area contributed by atoms with Crippen molar-refractivity contribution in [2.24, 2.45) is 5.92 Å². The molecule has 1 amide bonds. The lowest BCUT2D eigenvalue weighted by Gasteiger charge is -2.45. The number of nitrogens with one attached hydrogen (secondary N) is 2. The molecule has 0 aliphatic carbocycles. The van der Waals surface area contributed by atoms with E-state index in [2.05, 4.69) is 49.8 Å². The first kappa shape index (κ1) is 19.2. The molecule has 2 heterocycles. The lowest BCUT2D eigenvalue weighted by Crippen LogP contribution is -2.60. The van der Waals surface area contributed by atoms with Gasteiger partial charge in [-0.2, -0.15) is 0 Å². The summed E-state index contributed by atoms with van der Waals surface area (Å²) in [5.41, 5.74) is -0.247. The Bertz CT molecular complexity index is 485. The van der Waals surface area contributed by atoms with E-state index in [1.54, 1.807) is 0 Å². The number of nitrogens with zero attached hydrogens (tertiary/aromatic N) is 2. The topological polar surface area (TPSA) is 47.6 Å². The molecule has 24 heavy (non-hydrogen) atoms. The van der Waals surface area contributed by atoms with Gasteiger partial charge in [0.25, 0.3) is 0 Å². The number of piperidine rings is 1. The number of thiocarbonyl (C=S) groups is 1. The third-order valence-corrected chi connectivity index (χ3v) is 5.66. The third kappa shape index (κ3) is 3.75. The second-order valence-electron chi connectivity index (χ2n) is 7.37. The van der Waals surface area contributed by atoms with Crippen molar-refractivity contribution in [3.63, 3.8) is 0 Å². The Balaban J connectivity index is 2.10. The normalized spacial score (nSPS) is 24.5. The van der Waals surface area contributed by atoms with Gasteiger partial charge in [-0.05, 0) is 32.0 Å². The quantitative estimate of drug-likeness (QED) is 0.586. The minimum absolute atomic E-state index is 0.0813. The van der Waals surface area contributed by atoms with Crippen LogP contribution in [0.5, 0.6) is 0 Å². The van der Waals surface area contributed by atoms with Crippen LogP contribution in [-0.4, -0.2) is 58.2 Å². The summed E-state index contributed by atoms with van der Waals surface area (Å²) in [5, 5.41) is 7.81. The van der Waals surface area contributed by atoms with E-state index in [0.717, 1.165) is 37.5 Å². The maximum Gasteiger partial charge on any atom is 0.241 e. The highest BCUT2D eigenvalue weighted by Crippen LogP contribution is 2.34. The van der Waals surface area contributed by atoms with Gasteiger partial charge in [0.15, 0.2) is 5.11 Å². The lowest BCUT2D eigenvalue weighted by atomic mass is 9.95. The van der Waals surface area contributed by atoms with Crippen molar-refractivity contribution in [1.82, 2.24) is 20.4 Å². The van der Waals surface area contributed by atoms with Crippen LogP contribution >= 0.6 is 12.2 Å². The van der Waals surface area contributed by atoms with Gasteiger partial charge in [0.1, 0.15) is 0 Å². The molecule has 2 rings (SSSR count). The Morgan fingerprint density at radius 2 is 2.08 bits per heavy atom. The summed E-state index contributed by atoms with van der Waals surface area (Å²) in [6.07, 6.45) is 4.60. The van der Waals surface area contributed by atoms with Gasteiger partial charge in [0.05, 0.1) is 11.7 Å². The van der Waals surface area contributed by atoms with Crippen LogP contribution in [0.15, 0.2) is 12.7 Å². The molecule has 2 saturated heterocycles. The summed E-state index contributed by atoms with van der Waals surface area (Å²) in [7, 11) is 0. The first-order valence-electron chi connectivity index (χ1n) is 9.10. The zero-order chi connectivity index (χ0) is 17.9. The summed E-state index contributed by atoms with van der Waals surface area (Å²) in [4.78, 5) is 17.1. The summed E-state index contributed by atoms with van der Waals surface area (Å²) in [5.74, 6) is 0.562. The van der Waals surface area contributed by atoms with Gasteiger partial charge in [-0.15, -0.1) is 6.58 Å². The zero-order valence-electron chi connectivity index (χ0n) is 15.5. The fourth-order valence-electron chi connectivity index (χ4n) is 3.66. The van der Waals surface area contributed by atoms with Gasteiger partial charge in [-0.1, -0.05) is 26.3 Å². The predicted octanol–water partition coefficient (Wildman–Crippen LogP) is 2.09. The van der Waals surface area contributed by atoms with E-state index >= 15 is 0 Å². The van der Waals surface area contributed by atoms with E-state index < -0.39 is 0 Å². The summed E-state index contributed by atoms with van der Waals surface area (Å²) >= 11 is 5.50. The molecule has 0 bridgehead atoms. The van der Waals surface area contributed by atoms with Gasteiger partial charge in [-0.3, -0.25) is 10.1 Å². The third-order valence-electron chi connectivity index (χ3n) is 5.29. The molecular formula is C18H32N4OS. The highest BCUT2D eigenvalue weighted by Gasteiger charge is 2.52. The maximum absolute atomic E-state index is 12.9. The van der Waals surface area contributed by atoms with Crippen molar-refractivity contribution in [1.29, 1.82) is 0 Å². The fraction of sp³-hybridized carbons (Fsp3) is 0.778. The van der Waals surface area contributed by atoms with Gasteiger partial charge in [0, 0.05) is 38.5 Å². The smallest absolute Gasteiger partial charge is 0.241 e. The Labute approximate surface area is 151 Å². The van der Waals surface area contributed by atoms with Crippen molar-refractivity contribution in [2.45, 2.75) is 64.7 Å². The molecule has 2 N–H and O–H groups in total. The van der Waals surface area contributed by atoms with Crippen LogP contribution in [0.25, 0.3) is 0 Å². The number of hydrogen-bond acceptors (Lipinski definition) is 3. The average molecular weight is 353 g/mol. The number of rotatable bonds is 5. The number of carbonyl (C=O) groups excluding carboxylic acids is 1. The molecular weight excluding hydrogens is 320 g/mol.